The molecule has 6 heteroatoms. The number of methoxy groups -OCH3 is 2. The van der Waals surface area contributed by atoms with E-state index in [1.165, 1.54) is 5.56 Å². The van der Waals surface area contributed by atoms with Crippen molar-refractivity contribution in [2.45, 2.75) is 38.8 Å². The summed E-state index contributed by atoms with van der Waals surface area (Å²) in [5, 5.41) is 4.01. The zero-order chi connectivity index (χ0) is 21.5. The SMILES string of the molecule is CC[C@H](NC(=O)C1CCN(Cc2cccc(Cl)c2)CC1)c1ccc(OC)c(OC)c1. The van der Waals surface area contributed by atoms with Crippen molar-refractivity contribution in [2.75, 3.05) is 27.3 Å². The Balaban J connectivity index is 1.55. The monoisotopic (exact) mass is 430 g/mol. The van der Waals surface area contributed by atoms with Crippen LogP contribution >= 0.6 is 11.6 Å². The van der Waals surface area contributed by atoms with Crippen molar-refractivity contribution in [1.29, 1.82) is 0 Å². The zero-order valence-corrected chi connectivity index (χ0v) is 18.7. The van der Waals surface area contributed by atoms with Gasteiger partial charge in [0.15, 0.2) is 11.5 Å². The van der Waals surface area contributed by atoms with Gasteiger partial charge in [-0.15, -0.1) is 0 Å². The van der Waals surface area contributed by atoms with Gasteiger partial charge in [0.1, 0.15) is 0 Å². The number of hydrogen-bond acceptors (Lipinski definition) is 4. The highest BCUT2D eigenvalue weighted by atomic mass is 35.5. The van der Waals surface area contributed by atoms with E-state index < -0.39 is 0 Å². The molecular weight excluding hydrogens is 400 g/mol. The number of nitrogens with zero attached hydrogens (tertiary/aromatic N) is 1. The van der Waals surface area contributed by atoms with Gasteiger partial charge >= 0.3 is 0 Å². The van der Waals surface area contributed by atoms with Crippen molar-refractivity contribution in [2.24, 2.45) is 5.92 Å². The van der Waals surface area contributed by atoms with Gasteiger partial charge in [-0.05, 0) is 67.7 Å². The molecule has 1 saturated heterocycles. The number of ether oxygens (including phenoxy) is 2. The third-order valence-corrected chi connectivity index (χ3v) is 6.02. The van der Waals surface area contributed by atoms with E-state index in [1.54, 1.807) is 14.2 Å². The molecule has 1 N–H and O–H groups in total. The Morgan fingerprint density at radius 2 is 1.87 bits per heavy atom. The summed E-state index contributed by atoms with van der Waals surface area (Å²) in [6.45, 7) is 4.78. The quantitative estimate of drug-likeness (QED) is 0.651. The largest absolute Gasteiger partial charge is 0.493 e. The number of carbonyl (C=O) groups excluding carboxylic acids is 1. The van der Waals surface area contributed by atoms with Crippen LogP contribution in [0.15, 0.2) is 42.5 Å². The molecule has 1 amide bonds. The van der Waals surface area contributed by atoms with Crippen LogP contribution in [0.5, 0.6) is 11.5 Å². The average molecular weight is 431 g/mol. The van der Waals surface area contributed by atoms with Crippen LogP contribution in [0.1, 0.15) is 43.4 Å². The molecule has 1 aliphatic rings. The smallest absolute Gasteiger partial charge is 0.223 e. The molecule has 3 rings (SSSR count). The van der Waals surface area contributed by atoms with Crippen LogP contribution in [0.3, 0.4) is 0 Å². The van der Waals surface area contributed by atoms with Crippen LogP contribution in [0.4, 0.5) is 0 Å². The third-order valence-electron chi connectivity index (χ3n) is 5.79. The number of nitrogens with one attached hydrogen (secondary N) is 1. The van der Waals surface area contributed by atoms with Gasteiger partial charge in [0.05, 0.1) is 20.3 Å². The molecule has 0 aliphatic carbocycles. The summed E-state index contributed by atoms with van der Waals surface area (Å²) in [5.74, 6) is 1.56. The lowest BCUT2D eigenvalue weighted by molar-refractivity contribution is -0.127. The summed E-state index contributed by atoms with van der Waals surface area (Å²) < 4.78 is 10.7. The minimum Gasteiger partial charge on any atom is -0.493 e. The van der Waals surface area contributed by atoms with E-state index >= 15 is 0 Å². The normalized spacial score (nSPS) is 16.1. The van der Waals surface area contributed by atoms with E-state index in [4.69, 9.17) is 21.1 Å². The Kier molecular flexibility index (Phi) is 8.00. The van der Waals surface area contributed by atoms with Gasteiger partial charge in [-0.25, -0.2) is 0 Å². The van der Waals surface area contributed by atoms with E-state index in [-0.39, 0.29) is 17.9 Å². The van der Waals surface area contributed by atoms with Crippen molar-refractivity contribution in [1.82, 2.24) is 10.2 Å². The molecule has 1 atom stereocenters. The maximum Gasteiger partial charge on any atom is 0.223 e. The molecule has 1 aliphatic heterocycles. The van der Waals surface area contributed by atoms with E-state index in [0.717, 1.165) is 49.5 Å². The highest BCUT2D eigenvalue weighted by molar-refractivity contribution is 6.30. The molecule has 0 aromatic heterocycles. The topological polar surface area (TPSA) is 50.8 Å². The minimum absolute atomic E-state index is 0.0400. The fraction of sp³-hybridized carbons (Fsp3) is 0.458. The van der Waals surface area contributed by atoms with Gasteiger partial charge in [0, 0.05) is 17.5 Å². The number of piperidine rings is 1. The summed E-state index contributed by atoms with van der Waals surface area (Å²) in [4.78, 5) is 15.3. The Hall–Kier alpha value is -2.24. The zero-order valence-electron chi connectivity index (χ0n) is 18.0. The van der Waals surface area contributed by atoms with Gasteiger partial charge in [0.2, 0.25) is 5.91 Å². The fourth-order valence-corrected chi connectivity index (χ4v) is 4.24. The van der Waals surface area contributed by atoms with Crippen LogP contribution in [0.2, 0.25) is 5.02 Å². The minimum atomic E-state index is -0.0400. The number of rotatable bonds is 8. The Bertz CT molecular complexity index is 850. The molecule has 2 aromatic carbocycles. The Labute approximate surface area is 184 Å². The van der Waals surface area contributed by atoms with Gasteiger partial charge in [-0.3, -0.25) is 9.69 Å². The standard InChI is InChI=1S/C24H31ClN2O3/c1-4-21(19-8-9-22(29-2)23(15-19)30-3)26-24(28)18-10-12-27(13-11-18)16-17-6-5-7-20(25)14-17/h5-9,14-15,18,21H,4,10-13,16H2,1-3H3,(H,26,28)/t21-/m0/s1. The average Bonchev–Trinajstić information content (AvgIpc) is 2.77. The molecule has 2 aromatic rings. The molecule has 5 nitrogen and oxygen atoms in total. The first-order chi connectivity index (χ1) is 14.5. The van der Waals surface area contributed by atoms with E-state index in [1.807, 2.05) is 36.4 Å². The highest BCUT2D eigenvalue weighted by Crippen LogP contribution is 2.31. The molecule has 162 valence electrons. The fourth-order valence-electron chi connectivity index (χ4n) is 4.03. The maximum absolute atomic E-state index is 12.9. The first-order valence-corrected chi connectivity index (χ1v) is 10.9. The van der Waals surface area contributed by atoms with Crippen molar-refractivity contribution in [3.05, 3.63) is 58.6 Å². The van der Waals surface area contributed by atoms with Crippen molar-refractivity contribution in [3.8, 4) is 11.5 Å². The summed E-state index contributed by atoms with van der Waals surface area (Å²) >= 11 is 6.09. The third kappa shape index (κ3) is 5.67. The molecule has 0 radical (unpaired) electrons. The van der Waals surface area contributed by atoms with Gasteiger partial charge in [0.25, 0.3) is 0 Å². The lowest BCUT2D eigenvalue weighted by Crippen LogP contribution is -2.41. The van der Waals surface area contributed by atoms with E-state index in [2.05, 4.69) is 23.2 Å². The molecule has 0 saturated carbocycles. The second-order valence-electron chi connectivity index (χ2n) is 7.76. The number of hydrogen-bond donors (Lipinski definition) is 1. The van der Waals surface area contributed by atoms with E-state index in [9.17, 15) is 4.79 Å². The summed E-state index contributed by atoms with van der Waals surface area (Å²) in [6.07, 6.45) is 2.55. The number of carbonyl (C=O) groups is 1. The van der Waals surface area contributed by atoms with Gasteiger partial charge < -0.3 is 14.8 Å². The van der Waals surface area contributed by atoms with Crippen molar-refractivity contribution >= 4 is 17.5 Å². The molecule has 30 heavy (non-hydrogen) atoms. The molecule has 0 unspecified atom stereocenters. The number of likely N-dealkylation sites (tertiary alicyclic amines) is 1. The molecule has 0 spiro atoms. The summed E-state index contributed by atoms with van der Waals surface area (Å²) in [5.41, 5.74) is 2.24. The maximum atomic E-state index is 12.9. The second kappa shape index (κ2) is 10.7. The van der Waals surface area contributed by atoms with Gasteiger partial charge in [-0.2, -0.15) is 0 Å². The Morgan fingerprint density at radius 1 is 1.13 bits per heavy atom. The van der Waals surface area contributed by atoms with Crippen molar-refractivity contribution < 1.29 is 14.3 Å². The second-order valence-corrected chi connectivity index (χ2v) is 8.20. The lowest BCUT2D eigenvalue weighted by Gasteiger charge is -2.32. The van der Waals surface area contributed by atoms with Crippen LogP contribution in [0, 0.1) is 5.92 Å². The van der Waals surface area contributed by atoms with Crippen LogP contribution in [0.25, 0.3) is 0 Å². The number of amides is 1. The van der Waals surface area contributed by atoms with E-state index in [0.29, 0.717) is 11.5 Å². The highest BCUT2D eigenvalue weighted by Gasteiger charge is 2.27. The van der Waals surface area contributed by atoms with Crippen molar-refractivity contribution in [3.63, 3.8) is 0 Å². The van der Waals surface area contributed by atoms with Crippen LogP contribution < -0.4 is 14.8 Å². The first kappa shape index (κ1) is 22.4. The predicted molar refractivity (Wildman–Crippen MR) is 120 cm³/mol. The molecule has 1 heterocycles. The lowest BCUT2D eigenvalue weighted by atomic mass is 9.94. The first-order valence-electron chi connectivity index (χ1n) is 10.5. The van der Waals surface area contributed by atoms with Gasteiger partial charge in [-0.1, -0.05) is 36.7 Å². The number of halogens is 1. The molecule has 0 bridgehead atoms. The van der Waals surface area contributed by atoms with Crippen LogP contribution in [-0.2, 0) is 11.3 Å². The Morgan fingerprint density at radius 3 is 2.50 bits per heavy atom. The summed E-state index contributed by atoms with van der Waals surface area (Å²) in [6, 6.07) is 13.8. The van der Waals surface area contributed by atoms with Crippen LogP contribution in [-0.4, -0.2) is 38.1 Å². The predicted octanol–water partition coefficient (Wildman–Crippen LogP) is 4.84. The molecule has 1 fully saturated rings. The summed E-state index contributed by atoms with van der Waals surface area (Å²) in [7, 11) is 3.24. The molecular formula is C24H31ClN2O3. The number of benzene rings is 2.